The van der Waals surface area contributed by atoms with Gasteiger partial charge in [-0.25, -0.2) is 4.79 Å². The summed E-state index contributed by atoms with van der Waals surface area (Å²) in [4.78, 5) is 26.9. The Labute approximate surface area is 131 Å². The zero-order chi connectivity index (χ0) is 16.1. The molecule has 0 saturated carbocycles. The fourth-order valence-electron chi connectivity index (χ4n) is 1.63. The second kappa shape index (κ2) is 6.99. The third kappa shape index (κ3) is 3.79. The van der Waals surface area contributed by atoms with Crippen molar-refractivity contribution >= 4 is 28.5 Å². The molecule has 22 heavy (non-hydrogen) atoms. The Balaban J connectivity index is 1.92. The molecule has 1 N–H and O–H groups in total. The minimum Gasteiger partial charge on any atom is -0.483 e. The predicted octanol–water partition coefficient (Wildman–Crippen LogP) is 1.96. The Hall–Kier alpha value is -2.48. The van der Waals surface area contributed by atoms with E-state index in [1.807, 2.05) is 26.0 Å². The molecule has 0 saturated heterocycles. The van der Waals surface area contributed by atoms with Gasteiger partial charge in [-0.05, 0) is 31.0 Å². The molecule has 7 nitrogen and oxygen atoms in total. The normalized spacial score (nSPS) is 10.1. The summed E-state index contributed by atoms with van der Waals surface area (Å²) >= 11 is 0.899. The molecule has 1 aromatic carbocycles. The number of benzene rings is 1. The van der Waals surface area contributed by atoms with Crippen molar-refractivity contribution in [2.75, 3.05) is 19.0 Å². The van der Waals surface area contributed by atoms with Crippen molar-refractivity contribution in [3.05, 3.63) is 35.2 Å². The van der Waals surface area contributed by atoms with Gasteiger partial charge in [-0.3, -0.25) is 10.1 Å². The largest absolute Gasteiger partial charge is 0.483 e. The van der Waals surface area contributed by atoms with E-state index in [-0.39, 0.29) is 23.5 Å². The average molecular weight is 321 g/mol. The highest BCUT2D eigenvalue weighted by Gasteiger charge is 2.14. The van der Waals surface area contributed by atoms with Crippen molar-refractivity contribution in [2.24, 2.45) is 0 Å². The van der Waals surface area contributed by atoms with Crippen molar-refractivity contribution < 1.29 is 19.1 Å². The lowest BCUT2D eigenvalue weighted by molar-refractivity contribution is -0.118. The zero-order valence-electron chi connectivity index (χ0n) is 12.4. The number of amides is 1. The summed E-state index contributed by atoms with van der Waals surface area (Å²) < 4.78 is 13.8. The van der Waals surface area contributed by atoms with Gasteiger partial charge in [-0.2, -0.15) is 9.36 Å². The summed E-state index contributed by atoms with van der Waals surface area (Å²) in [5, 5.41) is 2.74. The number of aromatic nitrogens is 2. The first-order valence-corrected chi connectivity index (χ1v) is 7.19. The van der Waals surface area contributed by atoms with Crippen LogP contribution in [0.25, 0.3) is 0 Å². The van der Waals surface area contributed by atoms with Gasteiger partial charge in [-0.1, -0.05) is 12.1 Å². The predicted molar refractivity (Wildman–Crippen MR) is 81.3 cm³/mol. The summed E-state index contributed by atoms with van der Waals surface area (Å²) in [5.74, 6) is -0.460. The molecule has 8 heteroatoms. The number of carbonyl (C=O) groups excluding carboxylic acids is 2. The number of aryl methyl sites for hydroxylation is 1. The number of nitrogens with one attached hydrogen (secondary N) is 1. The molecule has 0 aliphatic carbocycles. The van der Waals surface area contributed by atoms with Crippen LogP contribution in [0.3, 0.4) is 0 Å². The highest BCUT2D eigenvalue weighted by Crippen LogP contribution is 2.20. The molecule has 0 spiro atoms. The van der Waals surface area contributed by atoms with E-state index in [4.69, 9.17) is 4.74 Å². The van der Waals surface area contributed by atoms with E-state index < -0.39 is 5.97 Å². The Morgan fingerprint density at radius 1 is 1.32 bits per heavy atom. The number of ether oxygens (including phenoxy) is 2. The maximum Gasteiger partial charge on any atom is 0.377 e. The Bertz CT molecular complexity index is 699. The molecular weight excluding hydrogens is 306 g/mol. The molecule has 116 valence electrons. The van der Waals surface area contributed by atoms with Gasteiger partial charge in [0.25, 0.3) is 11.7 Å². The van der Waals surface area contributed by atoms with Gasteiger partial charge in [0, 0.05) is 11.5 Å². The lowest BCUT2D eigenvalue weighted by Crippen LogP contribution is -2.20. The fraction of sp³-hybridized carbons (Fsp3) is 0.286. The maximum absolute atomic E-state index is 11.8. The minimum atomic E-state index is -0.650. The van der Waals surface area contributed by atoms with E-state index in [1.54, 1.807) is 6.07 Å². The Kier molecular flexibility index (Phi) is 5.05. The molecule has 1 aromatic heterocycles. The molecule has 0 aliphatic heterocycles. The molecule has 0 fully saturated rings. The number of methoxy groups -OCH3 is 1. The SMILES string of the molecule is COC(=O)c1nsc(NC(=O)COc2cccc(C)c2C)n1. The molecule has 0 unspecified atom stereocenters. The number of rotatable bonds is 5. The first-order valence-electron chi connectivity index (χ1n) is 6.42. The van der Waals surface area contributed by atoms with Gasteiger partial charge in [-0.15, -0.1) is 0 Å². The number of nitrogens with zero attached hydrogens (tertiary/aromatic N) is 2. The second-order valence-corrected chi connectivity index (χ2v) is 5.20. The molecule has 0 atom stereocenters. The van der Waals surface area contributed by atoms with Gasteiger partial charge in [0.2, 0.25) is 5.13 Å². The number of anilines is 1. The molecule has 2 rings (SSSR count). The van der Waals surface area contributed by atoms with Crippen molar-refractivity contribution in [1.82, 2.24) is 9.36 Å². The molecule has 1 amide bonds. The van der Waals surface area contributed by atoms with Crippen LogP contribution in [0, 0.1) is 13.8 Å². The third-order valence-electron chi connectivity index (χ3n) is 2.95. The van der Waals surface area contributed by atoms with Crippen LogP contribution in [0.4, 0.5) is 5.13 Å². The van der Waals surface area contributed by atoms with Crippen LogP contribution in [0.5, 0.6) is 5.75 Å². The first kappa shape index (κ1) is 15.9. The van der Waals surface area contributed by atoms with Crippen LogP contribution < -0.4 is 10.1 Å². The van der Waals surface area contributed by atoms with Crippen molar-refractivity contribution in [3.63, 3.8) is 0 Å². The monoisotopic (exact) mass is 321 g/mol. The van der Waals surface area contributed by atoms with Gasteiger partial charge in [0.1, 0.15) is 5.75 Å². The van der Waals surface area contributed by atoms with Gasteiger partial charge >= 0.3 is 5.97 Å². The molecule has 0 radical (unpaired) electrons. The lowest BCUT2D eigenvalue weighted by atomic mass is 10.1. The summed E-state index contributed by atoms with van der Waals surface area (Å²) in [7, 11) is 1.24. The standard InChI is InChI=1S/C14H15N3O4S/c1-8-5-4-6-10(9(8)2)21-7-11(18)15-14-16-12(17-22-14)13(19)20-3/h4-6H,7H2,1-3H3,(H,15,16,17,18). The van der Waals surface area contributed by atoms with E-state index in [0.717, 1.165) is 22.7 Å². The van der Waals surface area contributed by atoms with E-state index in [1.165, 1.54) is 7.11 Å². The fourth-order valence-corrected chi connectivity index (χ4v) is 2.20. The number of hydrogen-bond donors (Lipinski definition) is 1. The smallest absolute Gasteiger partial charge is 0.377 e. The molecular formula is C14H15N3O4S. The van der Waals surface area contributed by atoms with Crippen LogP contribution >= 0.6 is 11.5 Å². The van der Waals surface area contributed by atoms with Crippen LogP contribution in [-0.2, 0) is 9.53 Å². The van der Waals surface area contributed by atoms with Gasteiger partial charge < -0.3 is 9.47 Å². The van der Waals surface area contributed by atoms with Crippen molar-refractivity contribution in [2.45, 2.75) is 13.8 Å². The molecule has 0 bridgehead atoms. The lowest BCUT2D eigenvalue weighted by Gasteiger charge is -2.10. The summed E-state index contributed by atoms with van der Waals surface area (Å²) in [6.07, 6.45) is 0. The quantitative estimate of drug-likeness (QED) is 0.847. The van der Waals surface area contributed by atoms with Crippen LogP contribution in [0.2, 0.25) is 0 Å². The second-order valence-electron chi connectivity index (χ2n) is 4.45. The minimum absolute atomic E-state index is 0.0850. The van der Waals surface area contributed by atoms with Crippen LogP contribution in [0.1, 0.15) is 21.7 Å². The highest BCUT2D eigenvalue weighted by molar-refractivity contribution is 7.10. The van der Waals surface area contributed by atoms with E-state index in [2.05, 4.69) is 19.4 Å². The third-order valence-corrected chi connectivity index (χ3v) is 3.58. The van der Waals surface area contributed by atoms with Crippen molar-refractivity contribution in [1.29, 1.82) is 0 Å². The first-order chi connectivity index (χ1) is 10.5. The molecule has 0 aliphatic rings. The Morgan fingerprint density at radius 3 is 2.82 bits per heavy atom. The van der Waals surface area contributed by atoms with E-state index in [9.17, 15) is 9.59 Å². The number of hydrogen-bond acceptors (Lipinski definition) is 7. The Morgan fingerprint density at radius 2 is 2.09 bits per heavy atom. The van der Waals surface area contributed by atoms with E-state index in [0.29, 0.717) is 5.75 Å². The van der Waals surface area contributed by atoms with E-state index >= 15 is 0 Å². The van der Waals surface area contributed by atoms with Crippen LogP contribution in [0.15, 0.2) is 18.2 Å². The van der Waals surface area contributed by atoms with Crippen LogP contribution in [-0.4, -0.2) is 35.0 Å². The summed E-state index contributed by atoms with van der Waals surface area (Å²) in [6.45, 7) is 3.74. The molecule has 2 aromatic rings. The summed E-state index contributed by atoms with van der Waals surface area (Å²) in [6, 6.07) is 5.64. The average Bonchev–Trinajstić information content (AvgIpc) is 2.96. The molecule has 1 heterocycles. The van der Waals surface area contributed by atoms with Gasteiger partial charge in [0.05, 0.1) is 7.11 Å². The summed E-state index contributed by atoms with van der Waals surface area (Å²) in [5.41, 5.74) is 2.07. The zero-order valence-corrected chi connectivity index (χ0v) is 13.2. The number of carbonyl (C=O) groups is 2. The number of esters is 1. The van der Waals surface area contributed by atoms with Gasteiger partial charge in [0.15, 0.2) is 6.61 Å². The maximum atomic E-state index is 11.8. The van der Waals surface area contributed by atoms with Crippen molar-refractivity contribution in [3.8, 4) is 5.75 Å². The topological polar surface area (TPSA) is 90.4 Å². The highest BCUT2D eigenvalue weighted by atomic mass is 32.1.